The zero-order chi connectivity index (χ0) is 12.5. The maximum absolute atomic E-state index is 9.48. The molecule has 0 spiro atoms. The molecular formula is C14H17N3. The third-order valence-corrected chi connectivity index (χ3v) is 3.64. The third-order valence-electron chi connectivity index (χ3n) is 3.64. The second kappa shape index (κ2) is 4.21. The molecule has 1 aromatic carbocycles. The van der Waals surface area contributed by atoms with Crippen LogP contribution in [0.2, 0.25) is 0 Å². The quantitative estimate of drug-likeness (QED) is 0.808. The van der Waals surface area contributed by atoms with Crippen LogP contribution in [0.15, 0.2) is 24.3 Å². The summed E-state index contributed by atoms with van der Waals surface area (Å²) in [7, 11) is 1.99. The van der Waals surface area contributed by atoms with Gasteiger partial charge in [0.15, 0.2) is 0 Å². The Morgan fingerprint density at radius 2 is 1.94 bits per heavy atom. The van der Waals surface area contributed by atoms with E-state index in [1.165, 1.54) is 0 Å². The first-order valence-corrected chi connectivity index (χ1v) is 6.01. The van der Waals surface area contributed by atoms with E-state index in [0.717, 1.165) is 29.7 Å². The van der Waals surface area contributed by atoms with Gasteiger partial charge < -0.3 is 4.57 Å². The Morgan fingerprint density at radius 3 is 2.47 bits per heavy atom. The maximum atomic E-state index is 9.48. The lowest BCUT2D eigenvalue weighted by molar-refractivity contribution is 0.467. The first kappa shape index (κ1) is 11.7. The van der Waals surface area contributed by atoms with Gasteiger partial charge in [-0.1, -0.05) is 26.0 Å². The molecule has 0 atom stereocenters. The fourth-order valence-electron chi connectivity index (χ4n) is 2.35. The molecule has 0 aliphatic carbocycles. The topological polar surface area (TPSA) is 41.6 Å². The Hall–Kier alpha value is -1.82. The van der Waals surface area contributed by atoms with E-state index in [9.17, 15) is 5.26 Å². The zero-order valence-corrected chi connectivity index (χ0v) is 10.6. The summed E-state index contributed by atoms with van der Waals surface area (Å²) in [6.07, 6.45) is 1.58. The van der Waals surface area contributed by atoms with Gasteiger partial charge in [0.1, 0.15) is 11.2 Å². The minimum atomic E-state index is -0.465. The van der Waals surface area contributed by atoms with Crippen LogP contribution in [0.1, 0.15) is 32.5 Å². The van der Waals surface area contributed by atoms with E-state index in [-0.39, 0.29) is 0 Å². The fraction of sp³-hybridized carbons (Fsp3) is 0.429. The summed E-state index contributed by atoms with van der Waals surface area (Å²) in [5.74, 6) is 0.881. The lowest BCUT2D eigenvalue weighted by Gasteiger charge is -2.22. The van der Waals surface area contributed by atoms with Crippen LogP contribution in [0.5, 0.6) is 0 Å². The van der Waals surface area contributed by atoms with Crippen LogP contribution in [0.4, 0.5) is 0 Å². The molecule has 2 rings (SSSR count). The predicted octanol–water partition coefficient (Wildman–Crippen LogP) is 3.15. The molecule has 0 aliphatic heterocycles. The van der Waals surface area contributed by atoms with Crippen LogP contribution in [0.3, 0.4) is 0 Å². The SMILES string of the molecule is CCC(C#N)(CC)c1nc2ccccc2n1C. The molecule has 0 saturated carbocycles. The minimum Gasteiger partial charge on any atom is -0.330 e. The summed E-state index contributed by atoms with van der Waals surface area (Å²) >= 11 is 0. The van der Waals surface area contributed by atoms with Crippen LogP contribution in [0, 0.1) is 11.3 Å². The van der Waals surface area contributed by atoms with Gasteiger partial charge in [0.2, 0.25) is 0 Å². The number of nitrogens with zero attached hydrogens (tertiary/aromatic N) is 3. The van der Waals surface area contributed by atoms with E-state index in [1.807, 2.05) is 49.7 Å². The number of para-hydroxylation sites is 2. The Kier molecular flexibility index (Phi) is 2.89. The number of aromatic nitrogens is 2. The highest BCUT2D eigenvalue weighted by molar-refractivity contribution is 5.76. The third kappa shape index (κ3) is 1.61. The van der Waals surface area contributed by atoms with Crippen LogP contribution < -0.4 is 0 Å². The molecule has 0 amide bonds. The van der Waals surface area contributed by atoms with Crippen molar-refractivity contribution in [2.24, 2.45) is 7.05 Å². The molecule has 0 saturated heterocycles. The zero-order valence-electron chi connectivity index (χ0n) is 10.6. The van der Waals surface area contributed by atoms with E-state index >= 15 is 0 Å². The van der Waals surface area contributed by atoms with E-state index in [1.54, 1.807) is 0 Å². The fourth-order valence-corrected chi connectivity index (χ4v) is 2.35. The van der Waals surface area contributed by atoms with Crippen molar-refractivity contribution in [1.29, 1.82) is 5.26 Å². The molecule has 2 aromatic rings. The molecule has 0 N–H and O–H groups in total. The molecule has 0 aliphatic rings. The van der Waals surface area contributed by atoms with Gasteiger partial charge in [-0.05, 0) is 25.0 Å². The number of fused-ring (bicyclic) bond motifs is 1. The Bertz CT molecular complexity index is 571. The lowest BCUT2D eigenvalue weighted by atomic mass is 9.83. The molecular weight excluding hydrogens is 210 g/mol. The second-order valence-electron chi connectivity index (χ2n) is 4.38. The van der Waals surface area contributed by atoms with E-state index in [2.05, 4.69) is 11.1 Å². The highest BCUT2D eigenvalue weighted by Crippen LogP contribution is 2.31. The predicted molar refractivity (Wildman–Crippen MR) is 68.6 cm³/mol. The maximum Gasteiger partial charge on any atom is 0.130 e. The largest absolute Gasteiger partial charge is 0.330 e. The van der Waals surface area contributed by atoms with E-state index in [4.69, 9.17) is 0 Å². The molecule has 88 valence electrons. The molecule has 1 heterocycles. The first-order chi connectivity index (χ1) is 8.18. The lowest BCUT2D eigenvalue weighted by Crippen LogP contribution is -2.26. The average molecular weight is 227 g/mol. The van der Waals surface area contributed by atoms with Gasteiger partial charge in [0, 0.05) is 7.05 Å². The van der Waals surface area contributed by atoms with Gasteiger partial charge in [-0.15, -0.1) is 0 Å². The van der Waals surface area contributed by atoms with Gasteiger partial charge in [-0.2, -0.15) is 5.26 Å². The molecule has 17 heavy (non-hydrogen) atoms. The summed E-state index contributed by atoms with van der Waals surface area (Å²) < 4.78 is 2.05. The second-order valence-corrected chi connectivity index (χ2v) is 4.38. The summed E-state index contributed by atoms with van der Waals surface area (Å²) in [6.45, 7) is 4.10. The van der Waals surface area contributed by atoms with Crippen molar-refractivity contribution in [1.82, 2.24) is 9.55 Å². The smallest absolute Gasteiger partial charge is 0.130 e. The Balaban J connectivity index is 2.71. The molecule has 0 radical (unpaired) electrons. The number of nitriles is 1. The van der Waals surface area contributed by atoms with Gasteiger partial charge in [0.25, 0.3) is 0 Å². The van der Waals surface area contributed by atoms with E-state index in [0.29, 0.717) is 0 Å². The van der Waals surface area contributed by atoms with Gasteiger partial charge >= 0.3 is 0 Å². The summed E-state index contributed by atoms with van der Waals surface area (Å²) in [4.78, 5) is 4.64. The molecule has 0 fully saturated rings. The van der Waals surface area contributed by atoms with Crippen molar-refractivity contribution in [3.05, 3.63) is 30.1 Å². The Morgan fingerprint density at radius 1 is 1.29 bits per heavy atom. The van der Waals surface area contributed by atoms with Crippen LogP contribution in [-0.2, 0) is 12.5 Å². The van der Waals surface area contributed by atoms with Crippen molar-refractivity contribution in [3.8, 4) is 6.07 Å². The molecule has 0 bridgehead atoms. The number of benzene rings is 1. The summed E-state index contributed by atoms with van der Waals surface area (Å²) in [5.41, 5.74) is 1.59. The molecule has 3 nitrogen and oxygen atoms in total. The van der Waals surface area contributed by atoms with Crippen molar-refractivity contribution in [2.75, 3.05) is 0 Å². The van der Waals surface area contributed by atoms with Gasteiger partial charge in [-0.3, -0.25) is 0 Å². The summed E-state index contributed by atoms with van der Waals surface area (Å²) in [5, 5.41) is 9.48. The Labute approximate surface area is 102 Å². The van der Waals surface area contributed by atoms with Crippen molar-refractivity contribution in [2.45, 2.75) is 32.1 Å². The monoisotopic (exact) mass is 227 g/mol. The highest BCUT2D eigenvalue weighted by Gasteiger charge is 2.33. The molecule has 0 unspecified atom stereocenters. The molecule has 3 heteroatoms. The van der Waals surface area contributed by atoms with Crippen molar-refractivity contribution in [3.63, 3.8) is 0 Å². The van der Waals surface area contributed by atoms with Crippen molar-refractivity contribution < 1.29 is 0 Å². The normalized spacial score (nSPS) is 11.6. The number of aryl methyl sites for hydroxylation is 1. The first-order valence-electron chi connectivity index (χ1n) is 6.01. The van der Waals surface area contributed by atoms with Crippen molar-refractivity contribution >= 4 is 11.0 Å². The van der Waals surface area contributed by atoms with Gasteiger partial charge in [0.05, 0.1) is 17.1 Å². The van der Waals surface area contributed by atoms with Crippen LogP contribution >= 0.6 is 0 Å². The standard InChI is InChI=1S/C14H17N3/c1-4-14(5-2,10-15)13-16-11-8-6-7-9-12(11)17(13)3/h6-9H,4-5H2,1-3H3. The summed E-state index contributed by atoms with van der Waals surface area (Å²) in [6, 6.07) is 10.5. The number of imidazole rings is 1. The number of rotatable bonds is 3. The molecule has 1 aromatic heterocycles. The number of hydrogen-bond acceptors (Lipinski definition) is 2. The van der Waals surface area contributed by atoms with Crippen LogP contribution in [-0.4, -0.2) is 9.55 Å². The van der Waals surface area contributed by atoms with E-state index < -0.39 is 5.41 Å². The average Bonchev–Trinajstić information content (AvgIpc) is 2.72. The highest BCUT2D eigenvalue weighted by atomic mass is 15.1. The van der Waals surface area contributed by atoms with Crippen LogP contribution in [0.25, 0.3) is 11.0 Å². The minimum absolute atomic E-state index is 0.465. The van der Waals surface area contributed by atoms with Gasteiger partial charge in [-0.25, -0.2) is 4.98 Å². The number of hydrogen-bond donors (Lipinski definition) is 0.